The highest BCUT2D eigenvalue weighted by molar-refractivity contribution is 5.81. The lowest BCUT2D eigenvalue weighted by Gasteiger charge is -2.47. The Balaban J connectivity index is 0.000000360. The summed E-state index contributed by atoms with van der Waals surface area (Å²) in [5.74, 6) is -2.16. The van der Waals surface area contributed by atoms with Gasteiger partial charge in [-0.05, 0) is 30.0 Å². The molecule has 0 radical (unpaired) electrons. The number of hydrogen-bond acceptors (Lipinski definition) is 4. The van der Waals surface area contributed by atoms with Gasteiger partial charge >= 0.3 is 12.1 Å². The van der Waals surface area contributed by atoms with Crippen LogP contribution < -0.4 is 0 Å². The standard InChI is InChI=1S/C21H25N3O.C2HF3O2/c1-23-20(25)14-19(18-7-3-2-4-8-18)21(23)9-12-24(13-10-21)16-17-6-5-11-22-15-17;3-2(4,5)1(6)7/h2-8,11,15,19H,9-10,12-14,16H2,1H3;(H,6,7). The van der Waals surface area contributed by atoms with E-state index in [1.807, 2.05) is 36.5 Å². The Morgan fingerprint density at radius 2 is 1.78 bits per heavy atom. The number of piperidine rings is 1. The number of halogens is 3. The smallest absolute Gasteiger partial charge is 0.475 e. The van der Waals surface area contributed by atoms with Crippen LogP contribution in [0.5, 0.6) is 0 Å². The molecular weight excluding hydrogens is 423 g/mol. The number of alkyl halides is 3. The number of nitrogens with zero attached hydrogens (tertiary/aromatic N) is 3. The monoisotopic (exact) mass is 449 g/mol. The molecule has 2 fully saturated rings. The SMILES string of the molecule is CN1C(=O)CC(c2ccccc2)C12CCN(Cc1cccnc1)CC2.O=C(O)C(F)(F)F. The highest BCUT2D eigenvalue weighted by Crippen LogP contribution is 2.48. The number of carboxylic acids is 1. The first-order valence-electron chi connectivity index (χ1n) is 10.4. The van der Waals surface area contributed by atoms with E-state index in [0.717, 1.165) is 32.5 Å². The quantitative estimate of drug-likeness (QED) is 0.774. The fraction of sp³-hybridized carbons (Fsp3) is 0.435. The molecular formula is C23H26F3N3O3. The fourth-order valence-electron chi connectivity index (χ4n) is 4.63. The predicted molar refractivity (Wildman–Crippen MR) is 112 cm³/mol. The van der Waals surface area contributed by atoms with E-state index in [2.05, 4.69) is 40.2 Å². The van der Waals surface area contributed by atoms with Crippen molar-refractivity contribution < 1.29 is 27.9 Å². The maximum atomic E-state index is 12.5. The molecule has 2 aliphatic heterocycles. The number of aromatic nitrogens is 1. The number of likely N-dealkylation sites (N-methyl/N-ethyl adjacent to an activating group) is 1. The van der Waals surface area contributed by atoms with Gasteiger partial charge in [0.2, 0.25) is 5.91 Å². The number of amides is 1. The largest absolute Gasteiger partial charge is 0.490 e. The van der Waals surface area contributed by atoms with Crippen molar-refractivity contribution in [1.29, 1.82) is 0 Å². The summed E-state index contributed by atoms with van der Waals surface area (Å²) < 4.78 is 31.7. The molecule has 1 spiro atoms. The van der Waals surface area contributed by atoms with Crippen LogP contribution in [0.3, 0.4) is 0 Å². The zero-order valence-corrected chi connectivity index (χ0v) is 17.8. The van der Waals surface area contributed by atoms with Crippen molar-refractivity contribution in [3.05, 3.63) is 66.0 Å². The zero-order valence-electron chi connectivity index (χ0n) is 17.8. The Bertz CT molecular complexity index is 914. The summed E-state index contributed by atoms with van der Waals surface area (Å²) in [6.07, 6.45) is 1.40. The second kappa shape index (κ2) is 9.68. The molecule has 6 nitrogen and oxygen atoms in total. The number of likely N-dealkylation sites (tertiary alicyclic amines) is 2. The highest BCUT2D eigenvalue weighted by Gasteiger charge is 2.52. The number of benzene rings is 1. The van der Waals surface area contributed by atoms with Crippen LogP contribution in [0.2, 0.25) is 0 Å². The van der Waals surface area contributed by atoms with E-state index in [1.165, 1.54) is 11.1 Å². The molecule has 1 aromatic carbocycles. The van der Waals surface area contributed by atoms with Gasteiger partial charge in [-0.2, -0.15) is 13.2 Å². The van der Waals surface area contributed by atoms with E-state index in [-0.39, 0.29) is 11.4 Å². The molecule has 2 aromatic rings. The first-order chi connectivity index (χ1) is 15.1. The summed E-state index contributed by atoms with van der Waals surface area (Å²) in [6.45, 7) is 2.99. The molecule has 1 amide bonds. The molecule has 2 aliphatic rings. The van der Waals surface area contributed by atoms with Crippen molar-refractivity contribution in [2.24, 2.45) is 0 Å². The van der Waals surface area contributed by atoms with Crippen LogP contribution in [-0.2, 0) is 16.1 Å². The lowest BCUT2D eigenvalue weighted by Crippen LogP contribution is -2.53. The van der Waals surface area contributed by atoms with Gasteiger partial charge in [0.1, 0.15) is 0 Å². The molecule has 9 heteroatoms. The summed E-state index contributed by atoms with van der Waals surface area (Å²) in [7, 11) is 2.00. The fourth-order valence-corrected chi connectivity index (χ4v) is 4.63. The van der Waals surface area contributed by atoms with Crippen LogP contribution in [0.25, 0.3) is 0 Å². The Labute approximate surface area is 184 Å². The summed E-state index contributed by atoms with van der Waals surface area (Å²) in [5, 5.41) is 7.12. The minimum absolute atomic E-state index is 0.0239. The highest BCUT2D eigenvalue weighted by atomic mass is 19.4. The predicted octanol–water partition coefficient (Wildman–Crippen LogP) is 3.70. The first kappa shape index (κ1) is 23.7. The first-order valence-corrected chi connectivity index (χ1v) is 10.4. The Morgan fingerprint density at radius 1 is 1.16 bits per heavy atom. The van der Waals surface area contributed by atoms with Crippen molar-refractivity contribution in [2.45, 2.75) is 43.4 Å². The Morgan fingerprint density at radius 3 is 2.31 bits per heavy atom. The van der Waals surface area contributed by atoms with Gasteiger partial charge < -0.3 is 10.0 Å². The molecule has 3 heterocycles. The molecule has 1 atom stereocenters. The van der Waals surface area contributed by atoms with Crippen molar-refractivity contribution in [1.82, 2.24) is 14.8 Å². The molecule has 1 unspecified atom stereocenters. The van der Waals surface area contributed by atoms with Crippen molar-refractivity contribution >= 4 is 11.9 Å². The van der Waals surface area contributed by atoms with Crippen LogP contribution >= 0.6 is 0 Å². The van der Waals surface area contributed by atoms with E-state index in [0.29, 0.717) is 12.3 Å². The number of carboxylic acid groups (broad SMARTS) is 1. The molecule has 0 aliphatic carbocycles. The maximum absolute atomic E-state index is 12.5. The number of rotatable bonds is 3. The average Bonchev–Trinajstić information content (AvgIpc) is 3.01. The molecule has 1 N–H and O–H groups in total. The second-order valence-electron chi connectivity index (χ2n) is 8.16. The third-order valence-corrected chi connectivity index (χ3v) is 6.36. The third-order valence-electron chi connectivity index (χ3n) is 6.36. The summed E-state index contributed by atoms with van der Waals surface area (Å²) in [6, 6.07) is 14.7. The lowest BCUT2D eigenvalue weighted by atomic mass is 9.73. The topological polar surface area (TPSA) is 73.7 Å². The molecule has 32 heavy (non-hydrogen) atoms. The molecule has 1 aromatic heterocycles. The normalized spacial score (nSPS) is 20.7. The minimum atomic E-state index is -5.08. The van der Waals surface area contributed by atoms with Crippen molar-refractivity contribution in [2.75, 3.05) is 20.1 Å². The number of aliphatic carboxylic acids is 1. The molecule has 0 bridgehead atoms. The number of carbonyl (C=O) groups is 2. The molecule has 4 rings (SSSR count). The summed E-state index contributed by atoms with van der Waals surface area (Å²) in [5.41, 5.74) is 2.54. The Kier molecular flexibility index (Phi) is 7.18. The van der Waals surface area contributed by atoms with Crippen LogP contribution in [0.1, 0.15) is 36.3 Å². The van der Waals surface area contributed by atoms with Crippen LogP contribution in [0.15, 0.2) is 54.9 Å². The number of carbonyl (C=O) groups excluding carboxylic acids is 1. The third kappa shape index (κ3) is 5.27. The van der Waals surface area contributed by atoms with Gasteiger partial charge in [0, 0.05) is 51.4 Å². The van der Waals surface area contributed by atoms with E-state index in [4.69, 9.17) is 9.90 Å². The molecule has 172 valence electrons. The van der Waals surface area contributed by atoms with E-state index in [9.17, 15) is 18.0 Å². The van der Waals surface area contributed by atoms with Gasteiger partial charge in [0.25, 0.3) is 0 Å². The van der Waals surface area contributed by atoms with Gasteiger partial charge in [0.15, 0.2) is 0 Å². The lowest BCUT2D eigenvalue weighted by molar-refractivity contribution is -0.192. The van der Waals surface area contributed by atoms with Crippen molar-refractivity contribution in [3.8, 4) is 0 Å². The maximum Gasteiger partial charge on any atom is 0.490 e. The van der Waals surface area contributed by atoms with E-state index >= 15 is 0 Å². The molecule has 0 saturated carbocycles. The Hall–Kier alpha value is -2.94. The van der Waals surface area contributed by atoms with Gasteiger partial charge in [-0.1, -0.05) is 36.4 Å². The summed E-state index contributed by atoms with van der Waals surface area (Å²) in [4.78, 5) is 30.2. The minimum Gasteiger partial charge on any atom is -0.475 e. The number of pyridine rings is 1. The average molecular weight is 449 g/mol. The van der Waals surface area contributed by atoms with Gasteiger partial charge in [-0.15, -0.1) is 0 Å². The van der Waals surface area contributed by atoms with Crippen molar-refractivity contribution in [3.63, 3.8) is 0 Å². The van der Waals surface area contributed by atoms with E-state index in [1.54, 1.807) is 0 Å². The van der Waals surface area contributed by atoms with Crippen LogP contribution in [-0.4, -0.2) is 63.6 Å². The van der Waals surface area contributed by atoms with Crippen LogP contribution in [0.4, 0.5) is 13.2 Å². The molecule has 2 saturated heterocycles. The van der Waals surface area contributed by atoms with E-state index < -0.39 is 12.1 Å². The van der Waals surface area contributed by atoms with Gasteiger partial charge in [-0.25, -0.2) is 4.79 Å². The van der Waals surface area contributed by atoms with Gasteiger partial charge in [-0.3, -0.25) is 14.7 Å². The number of hydrogen-bond donors (Lipinski definition) is 1. The zero-order chi connectivity index (χ0) is 23.4. The second-order valence-corrected chi connectivity index (χ2v) is 8.16. The van der Waals surface area contributed by atoms with Crippen LogP contribution in [0, 0.1) is 0 Å². The summed E-state index contributed by atoms with van der Waals surface area (Å²) >= 11 is 0. The van der Waals surface area contributed by atoms with Gasteiger partial charge in [0.05, 0.1) is 5.54 Å².